The summed E-state index contributed by atoms with van der Waals surface area (Å²) in [4.78, 5) is 24.7. The molecule has 0 bridgehead atoms. The first-order valence-electron chi connectivity index (χ1n) is 6.54. The molecule has 0 spiro atoms. The summed E-state index contributed by atoms with van der Waals surface area (Å²) in [6.07, 6.45) is 4.97. The highest BCUT2D eigenvalue weighted by Crippen LogP contribution is 2.22. The molecular weight excluding hydrogens is 250 g/mol. The number of carboxylic acids is 1. The summed E-state index contributed by atoms with van der Waals surface area (Å²) in [6, 6.07) is 0. The number of aliphatic carboxylic acids is 1. The first-order chi connectivity index (χ1) is 8.54. The van der Waals surface area contributed by atoms with E-state index in [1.165, 1.54) is 0 Å². The number of rotatable bonds is 6. The van der Waals surface area contributed by atoms with Crippen LogP contribution in [-0.2, 0) is 9.59 Å². The molecule has 1 aliphatic heterocycles. The number of piperidine rings is 1. The summed E-state index contributed by atoms with van der Waals surface area (Å²) < 4.78 is 0. The molecule has 5 heteroatoms. The van der Waals surface area contributed by atoms with Crippen LogP contribution in [0.3, 0.4) is 0 Å². The fraction of sp³-hybridized carbons (Fsp3) is 0.846. The molecule has 1 rings (SSSR count). The monoisotopic (exact) mass is 273 g/mol. The Balaban J connectivity index is 2.42. The molecule has 104 valence electrons. The van der Waals surface area contributed by atoms with Crippen molar-refractivity contribution in [3.05, 3.63) is 0 Å². The molecule has 0 saturated carbocycles. The Kier molecular flexibility index (Phi) is 6.54. The molecule has 0 radical (unpaired) electrons. The average molecular weight is 273 g/mol. The van der Waals surface area contributed by atoms with Gasteiger partial charge < -0.3 is 10.0 Å². The van der Waals surface area contributed by atoms with Crippen molar-refractivity contribution in [2.75, 3.05) is 25.1 Å². The van der Waals surface area contributed by atoms with E-state index in [0.29, 0.717) is 12.3 Å². The summed E-state index contributed by atoms with van der Waals surface area (Å²) >= 11 is 1.69. The van der Waals surface area contributed by atoms with E-state index in [-0.39, 0.29) is 18.2 Å². The Bertz CT molecular complexity index is 296. The molecule has 2 unspecified atom stereocenters. The SMILES string of the molecule is CSCC(C)C(=O)N1CCCC(CCC(=O)O)C1. The largest absolute Gasteiger partial charge is 0.481 e. The van der Waals surface area contributed by atoms with Gasteiger partial charge in [-0.3, -0.25) is 9.59 Å². The van der Waals surface area contributed by atoms with Crippen LogP contribution in [0, 0.1) is 11.8 Å². The lowest BCUT2D eigenvalue weighted by Gasteiger charge is -2.34. The van der Waals surface area contributed by atoms with Gasteiger partial charge in [0.1, 0.15) is 0 Å². The first kappa shape index (κ1) is 15.3. The minimum absolute atomic E-state index is 0.0678. The molecule has 0 aromatic rings. The molecule has 0 aliphatic carbocycles. The van der Waals surface area contributed by atoms with Crippen molar-refractivity contribution in [3.63, 3.8) is 0 Å². The Hall–Kier alpha value is -0.710. The van der Waals surface area contributed by atoms with E-state index in [9.17, 15) is 9.59 Å². The molecule has 2 atom stereocenters. The maximum atomic E-state index is 12.2. The van der Waals surface area contributed by atoms with E-state index < -0.39 is 5.97 Å². The van der Waals surface area contributed by atoms with Crippen LogP contribution in [0.15, 0.2) is 0 Å². The van der Waals surface area contributed by atoms with Gasteiger partial charge in [-0.05, 0) is 31.4 Å². The molecule has 1 saturated heterocycles. The molecule has 1 fully saturated rings. The quantitative estimate of drug-likeness (QED) is 0.805. The Morgan fingerprint density at radius 3 is 2.83 bits per heavy atom. The maximum Gasteiger partial charge on any atom is 0.303 e. The zero-order valence-corrected chi connectivity index (χ0v) is 12.0. The number of amides is 1. The Morgan fingerprint density at radius 1 is 1.50 bits per heavy atom. The zero-order chi connectivity index (χ0) is 13.5. The van der Waals surface area contributed by atoms with Crippen LogP contribution in [0.1, 0.15) is 32.6 Å². The third-order valence-corrected chi connectivity index (χ3v) is 4.27. The van der Waals surface area contributed by atoms with Crippen molar-refractivity contribution in [2.24, 2.45) is 11.8 Å². The number of hydrogen-bond donors (Lipinski definition) is 1. The smallest absolute Gasteiger partial charge is 0.303 e. The van der Waals surface area contributed by atoms with E-state index >= 15 is 0 Å². The van der Waals surface area contributed by atoms with E-state index in [4.69, 9.17) is 5.11 Å². The molecule has 0 aromatic carbocycles. The van der Waals surface area contributed by atoms with Crippen LogP contribution >= 0.6 is 11.8 Å². The van der Waals surface area contributed by atoms with Gasteiger partial charge in [-0.15, -0.1) is 0 Å². The van der Waals surface area contributed by atoms with Crippen LogP contribution in [0.25, 0.3) is 0 Å². The molecule has 1 heterocycles. The fourth-order valence-electron chi connectivity index (χ4n) is 2.46. The van der Waals surface area contributed by atoms with Crippen LogP contribution in [0.2, 0.25) is 0 Å². The summed E-state index contributed by atoms with van der Waals surface area (Å²) in [6.45, 7) is 3.55. The normalized spacial score (nSPS) is 21.7. The van der Waals surface area contributed by atoms with E-state index in [1.54, 1.807) is 11.8 Å². The van der Waals surface area contributed by atoms with Gasteiger partial charge in [0.25, 0.3) is 0 Å². The van der Waals surface area contributed by atoms with Crippen molar-refractivity contribution in [1.82, 2.24) is 4.90 Å². The molecular formula is C13H23NO3S. The molecule has 18 heavy (non-hydrogen) atoms. The van der Waals surface area contributed by atoms with Crippen molar-refractivity contribution in [3.8, 4) is 0 Å². The van der Waals surface area contributed by atoms with Crippen LogP contribution < -0.4 is 0 Å². The number of nitrogens with zero attached hydrogens (tertiary/aromatic N) is 1. The van der Waals surface area contributed by atoms with Crippen molar-refractivity contribution < 1.29 is 14.7 Å². The standard InChI is InChI=1S/C13H23NO3S/c1-10(9-18-2)13(17)14-7-3-4-11(8-14)5-6-12(15)16/h10-11H,3-9H2,1-2H3,(H,15,16). The van der Waals surface area contributed by atoms with Gasteiger partial charge in [0, 0.05) is 31.2 Å². The molecule has 1 N–H and O–H groups in total. The molecule has 0 aromatic heterocycles. The van der Waals surface area contributed by atoms with Gasteiger partial charge in [0.05, 0.1) is 0 Å². The number of carboxylic acid groups (broad SMARTS) is 1. The molecule has 1 amide bonds. The van der Waals surface area contributed by atoms with Crippen molar-refractivity contribution in [2.45, 2.75) is 32.6 Å². The maximum absolute atomic E-state index is 12.2. The number of carbonyl (C=O) groups is 2. The summed E-state index contributed by atoms with van der Waals surface area (Å²) in [5.41, 5.74) is 0. The van der Waals surface area contributed by atoms with Gasteiger partial charge in [0.2, 0.25) is 5.91 Å². The van der Waals surface area contributed by atoms with Gasteiger partial charge in [0.15, 0.2) is 0 Å². The Labute approximate surface area is 113 Å². The minimum Gasteiger partial charge on any atom is -0.481 e. The van der Waals surface area contributed by atoms with Gasteiger partial charge >= 0.3 is 5.97 Å². The number of hydrogen-bond acceptors (Lipinski definition) is 3. The third kappa shape index (κ3) is 4.88. The molecule has 4 nitrogen and oxygen atoms in total. The zero-order valence-electron chi connectivity index (χ0n) is 11.2. The van der Waals surface area contributed by atoms with E-state index in [2.05, 4.69) is 0 Å². The number of carbonyl (C=O) groups excluding carboxylic acids is 1. The second-order valence-electron chi connectivity index (χ2n) is 5.08. The van der Waals surface area contributed by atoms with E-state index in [1.807, 2.05) is 18.1 Å². The van der Waals surface area contributed by atoms with Crippen LogP contribution in [0.5, 0.6) is 0 Å². The van der Waals surface area contributed by atoms with Gasteiger partial charge in [-0.1, -0.05) is 6.92 Å². The molecule has 1 aliphatic rings. The number of likely N-dealkylation sites (tertiary alicyclic amines) is 1. The van der Waals surface area contributed by atoms with Crippen molar-refractivity contribution >= 4 is 23.6 Å². The lowest BCUT2D eigenvalue weighted by Crippen LogP contribution is -2.43. The highest BCUT2D eigenvalue weighted by Gasteiger charge is 2.26. The second-order valence-corrected chi connectivity index (χ2v) is 5.99. The summed E-state index contributed by atoms with van der Waals surface area (Å²) in [5, 5.41) is 8.69. The second kappa shape index (κ2) is 7.67. The van der Waals surface area contributed by atoms with E-state index in [0.717, 1.165) is 31.7 Å². The fourth-order valence-corrected chi connectivity index (χ4v) is 3.10. The van der Waals surface area contributed by atoms with Crippen LogP contribution in [-0.4, -0.2) is 47.0 Å². The lowest BCUT2D eigenvalue weighted by molar-refractivity contribution is -0.137. The number of thioether (sulfide) groups is 1. The van der Waals surface area contributed by atoms with Crippen molar-refractivity contribution in [1.29, 1.82) is 0 Å². The average Bonchev–Trinajstić information content (AvgIpc) is 2.36. The van der Waals surface area contributed by atoms with Gasteiger partial charge in [-0.25, -0.2) is 0 Å². The summed E-state index contributed by atoms with van der Waals surface area (Å²) in [7, 11) is 0. The first-order valence-corrected chi connectivity index (χ1v) is 7.93. The predicted molar refractivity (Wildman–Crippen MR) is 73.7 cm³/mol. The predicted octanol–water partition coefficient (Wildman–Crippen LogP) is 2.09. The highest BCUT2D eigenvalue weighted by molar-refractivity contribution is 7.98. The minimum atomic E-state index is -0.741. The topological polar surface area (TPSA) is 57.6 Å². The van der Waals surface area contributed by atoms with Gasteiger partial charge in [-0.2, -0.15) is 11.8 Å². The highest BCUT2D eigenvalue weighted by atomic mass is 32.2. The third-order valence-electron chi connectivity index (χ3n) is 3.44. The summed E-state index contributed by atoms with van der Waals surface area (Å²) in [5.74, 6) is 0.770. The lowest BCUT2D eigenvalue weighted by atomic mass is 9.93. The van der Waals surface area contributed by atoms with Crippen LogP contribution in [0.4, 0.5) is 0 Å². The Morgan fingerprint density at radius 2 is 2.22 bits per heavy atom.